The fourth-order valence-electron chi connectivity index (χ4n) is 4.31. The van der Waals surface area contributed by atoms with Gasteiger partial charge in [0, 0.05) is 6.42 Å². The summed E-state index contributed by atoms with van der Waals surface area (Å²) in [7, 11) is 0. The van der Waals surface area contributed by atoms with E-state index in [0.717, 1.165) is 19.3 Å². The van der Waals surface area contributed by atoms with Gasteiger partial charge in [-0.3, -0.25) is 14.4 Å². The van der Waals surface area contributed by atoms with Crippen molar-refractivity contribution in [2.24, 2.45) is 11.8 Å². The molecule has 1 aromatic rings. The average molecular weight is 513 g/mol. The lowest BCUT2D eigenvalue weighted by atomic mass is 9.94. The van der Waals surface area contributed by atoms with Gasteiger partial charge in [0.2, 0.25) is 17.7 Å². The first-order chi connectivity index (χ1) is 17.5. The number of nitriles is 1. The molecule has 3 amide bonds. The molecule has 1 aromatic carbocycles. The van der Waals surface area contributed by atoms with Crippen LogP contribution in [0.1, 0.15) is 77.8 Å². The van der Waals surface area contributed by atoms with Crippen LogP contribution in [0.25, 0.3) is 0 Å². The second kappa shape index (κ2) is 14.4. The molecule has 9 nitrogen and oxygen atoms in total. The van der Waals surface area contributed by atoms with Gasteiger partial charge in [-0.05, 0) is 49.3 Å². The van der Waals surface area contributed by atoms with Crippen molar-refractivity contribution in [3.05, 3.63) is 35.4 Å². The molecule has 3 N–H and O–H groups in total. The van der Waals surface area contributed by atoms with Gasteiger partial charge in [-0.15, -0.1) is 0 Å². The van der Waals surface area contributed by atoms with E-state index in [1.807, 2.05) is 20.8 Å². The van der Waals surface area contributed by atoms with E-state index in [1.54, 1.807) is 24.3 Å². The molecule has 0 spiro atoms. The van der Waals surface area contributed by atoms with E-state index < -0.39 is 47.9 Å². The third-order valence-electron chi connectivity index (χ3n) is 6.51. The number of esters is 1. The molecule has 9 heteroatoms. The predicted octanol–water partition coefficient (Wildman–Crippen LogP) is 2.76. The van der Waals surface area contributed by atoms with Gasteiger partial charge in [0.1, 0.15) is 24.2 Å². The Labute approximate surface area is 219 Å². The second-order valence-corrected chi connectivity index (χ2v) is 10.4. The number of hydrogen-bond donors (Lipinski definition) is 3. The SMILES string of the molecule is CCCC[C@H](C)[C@@H]1CC(=O)N[C@H](Cc2cccc(C#N)c2)C(=O)N[C@@H](C)C(=O)N[C@H](CC(C)C)C(=O)O1. The van der Waals surface area contributed by atoms with Crippen molar-refractivity contribution in [3.63, 3.8) is 0 Å². The lowest BCUT2D eigenvalue weighted by Crippen LogP contribution is -2.55. The molecule has 0 radical (unpaired) electrons. The zero-order chi connectivity index (χ0) is 27.5. The van der Waals surface area contributed by atoms with Crippen LogP contribution in [0.5, 0.6) is 0 Å². The molecule has 37 heavy (non-hydrogen) atoms. The summed E-state index contributed by atoms with van der Waals surface area (Å²) in [4.78, 5) is 52.4. The quantitative estimate of drug-likeness (QED) is 0.458. The Balaban J connectivity index is 2.38. The number of hydrogen-bond acceptors (Lipinski definition) is 6. The van der Waals surface area contributed by atoms with E-state index >= 15 is 0 Å². The first-order valence-electron chi connectivity index (χ1n) is 13.1. The summed E-state index contributed by atoms with van der Waals surface area (Å²) in [5, 5.41) is 17.4. The largest absolute Gasteiger partial charge is 0.460 e. The van der Waals surface area contributed by atoms with Crippen molar-refractivity contribution < 1.29 is 23.9 Å². The van der Waals surface area contributed by atoms with E-state index in [1.165, 1.54) is 6.92 Å². The highest BCUT2D eigenvalue weighted by atomic mass is 16.5. The van der Waals surface area contributed by atoms with Crippen LogP contribution in [0.15, 0.2) is 24.3 Å². The maximum Gasteiger partial charge on any atom is 0.328 e. The zero-order valence-electron chi connectivity index (χ0n) is 22.5. The minimum atomic E-state index is -0.980. The van der Waals surface area contributed by atoms with Crippen molar-refractivity contribution in [2.45, 2.75) is 97.4 Å². The highest BCUT2D eigenvalue weighted by molar-refractivity contribution is 5.94. The molecule has 202 valence electrons. The Morgan fingerprint density at radius 1 is 1.05 bits per heavy atom. The van der Waals surface area contributed by atoms with Crippen molar-refractivity contribution in [1.82, 2.24) is 16.0 Å². The molecule has 1 fully saturated rings. The van der Waals surface area contributed by atoms with Crippen molar-refractivity contribution in [3.8, 4) is 6.07 Å². The lowest BCUT2D eigenvalue weighted by molar-refractivity contribution is -0.157. The number of nitrogens with zero attached hydrogens (tertiary/aromatic N) is 1. The van der Waals surface area contributed by atoms with Crippen LogP contribution < -0.4 is 16.0 Å². The van der Waals surface area contributed by atoms with Crippen LogP contribution in [0.2, 0.25) is 0 Å². The number of carbonyl (C=O) groups excluding carboxylic acids is 4. The predicted molar refractivity (Wildman–Crippen MR) is 139 cm³/mol. The molecule has 5 atom stereocenters. The fourth-order valence-corrected chi connectivity index (χ4v) is 4.31. The van der Waals surface area contributed by atoms with Crippen molar-refractivity contribution in [2.75, 3.05) is 0 Å². The Kier molecular flexibility index (Phi) is 11.6. The lowest BCUT2D eigenvalue weighted by Gasteiger charge is -2.27. The minimum absolute atomic E-state index is 0.0892. The van der Waals surface area contributed by atoms with Gasteiger partial charge in [0.05, 0.1) is 18.1 Å². The highest BCUT2D eigenvalue weighted by Crippen LogP contribution is 2.21. The molecule has 1 saturated heterocycles. The van der Waals surface area contributed by atoms with Crippen molar-refractivity contribution >= 4 is 23.7 Å². The fraction of sp³-hybridized carbons (Fsp3) is 0.607. The molecule has 0 aliphatic carbocycles. The topological polar surface area (TPSA) is 137 Å². The number of unbranched alkanes of at least 4 members (excludes halogenated alkanes) is 1. The van der Waals surface area contributed by atoms with Gasteiger partial charge in [-0.25, -0.2) is 4.79 Å². The summed E-state index contributed by atoms with van der Waals surface area (Å²) in [5.74, 6) is -2.03. The summed E-state index contributed by atoms with van der Waals surface area (Å²) in [6.07, 6.45) is 2.35. The first kappa shape index (κ1) is 29.8. The summed E-state index contributed by atoms with van der Waals surface area (Å²) in [6.45, 7) is 9.40. The van der Waals surface area contributed by atoms with Crippen LogP contribution in [0.4, 0.5) is 0 Å². The van der Waals surface area contributed by atoms with E-state index in [9.17, 15) is 24.4 Å². The Morgan fingerprint density at radius 2 is 1.78 bits per heavy atom. The minimum Gasteiger partial charge on any atom is -0.460 e. The molecular weight excluding hydrogens is 472 g/mol. The standard InChI is InChI=1S/C28H40N4O5/c1-6-7-9-18(4)24-15-25(33)31-22(14-20-10-8-11-21(13-20)16-29)27(35)30-19(5)26(34)32-23(12-17(2)3)28(36)37-24/h8,10-11,13,17-19,22-24H,6-7,9,12,14-15H2,1-5H3,(H,30,35)(H,31,33)(H,32,34)/t18-,19-,22+,23+,24-/m0/s1. The second-order valence-electron chi connectivity index (χ2n) is 10.4. The molecule has 0 bridgehead atoms. The summed E-state index contributed by atoms with van der Waals surface area (Å²) in [5.41, 5.74) is 1.13. The van der Waals surface area contributed by atoms with E-state index in [4.69, 9.17) is 4.74 Å². The number of nitrogens with one attached hydrogen (secondary N) is 3. The smallest absolute Gasteiger partial charge is 0.328 e. The number of amides is 3. The van der Waals surface area contributed by atoms with Gasteiger partial charge >= 0.3 is 5.97 Å². The average Bonchev–Trinajstić information content (AvgIpc) is 2.85. The monoisotopic (exact) mass is 512 g/mol. The molecule has 1 aliphatic heterocycles. The molecule has 1 heterocycles. The Morgan fingerprint density at radius 3 is 2.43 bits per heavy atom. The third kappa shape index (κ3) is 9.52. The number of cyclic esters (lactones) is 1. The van der Waals surface area contributed by atoms with Crippen molar-refractivity contribution in [1.29, 1.82) is 5.26 Å². The van der Waals surface area contributed by atoms with Gasteiger partial charge in [-0.1, -0.05) is 52.7 Å². The van der Waals surface area contributed by atoms with Crippen LogP contribution in [0.3, 0.4) is 0 Å². The molecule has 1 aliphatic rings. The third-order valence-corrected chi connectivity index (χ3v) is 6.51. The molecule has 0 aromatic heterocycles. The zero-order valence-corrected chi connectivity index (χ0v) is 22.5. The van der Waals surface area contributed by atoms with Crippen LogP contribution in [0, 0.1) is 23.2 Å². The number of rotatable bonds is 8. The maximum absolute atomic E-state index is 13.2. The van der Waals surface area contributed by atoms with Gasteiger partial charge in [-0.2, -0.15) is 5.26 Å². The summed E-state index contributed by atoms with van der Waals surface area (Å²) >= 11 is 0. The highest BCUT2D eigenvalue weighted by Gasteiger charge is 2.33. The van der Waals surface area contributed by atoms with Crippen LogP contribution in [-0.2, 0) is 30.3 Å². The molecule has 0 unspecified atom stereocenters. The first-order valence-corrected chi connectivity index (χ1v) is 13.1. The number of carbonyl (C=O) groups is 4. The Bertz CT molecular complexity index is 1000. The van der Waals surface area contributed by atoms with E-state index in [-0.39, 0.29) is 24.7 Å². The molecule has 0 saturated carbocycles. The summed E-state index contributed by atoms with van der Waals surface area (Å²) in [6, 6.07) is 6.05. The van der Waals surface area contributed by atoms with Crippen LogP contribution in [-0.4, -0.2) is 47.9 Å². The maximum atomic E-state index is 13.2. The Hall–Kier alpha value is -3.41. The van der Waals surface area contributed by atoms with E-state index in [0.29, 0.717) is 17.5 Å². The number of benzene rings is 1. The summed E-state index contributed by atoms with van der Waals surface area (Å²) < 4.78 is 5.85. The van der Waals surface area contributed by atoms with Crippen LogP contribution >= 0.6 is 0 Å². The molecule has 2 rings (SSSR count). The normalized spacial score (nSPS) is 24.4. The van der Waals surface area contributed by atoms with Gasteiger partial charge in [0.25, 0.3) is 0 Å². The molecular formula is C28H40N4O5. The number of ether oxygens (including phenoxy) is 1. The van der Waals surface area contributed by atoms with E-state index in [2.05, 4.69) is 28.9 Å². The van der Waals surface area contributed by atoms with Gasteiger partial charge < -0.3 is 20.7 Å². The van der Waals surface area contributed by atoms with Gasteiger partial charge in [0.15, 0.2) is 0 Å².